The molecule has 0 aromatic heterocycles. The minimum Gasteiger partial charge on any atom is -0.444 e. The van der Waals surface area contributed by atoms with Gasteiger partial charge in [-0.05, 0) is 34.6 Å². The van der Waals surface area contributed by atoms with Gasteiger partial charge in [0.2, 0.25) is 0 Å². The summed E-state index contributed by atoms with van der Waals surface area (Å²) in [7, 11) is 0. The van der Waals surface area contributed by atoms with Gasteiger partial charge >= 0.3 is 6.09 Å². The lowest BCUT2D eigenvalue weighted by atomic mass is 10.1. The SMILES string of the molecule is C=CCN(C(=O)OC(C)(C)C)[C@@H]1COC(C)(C)O[C@H]1C=C. The van der Waals surface area contributed by atoms with Crippen LogP contribution in [0.2, 0.25) is 0 Å². The second kappa shape index (κ2) is 6.62. The maximum atomic E-state index is 12.4. The number of ether oxygens (including phenoxy) is 3. The average Bonchev–Trinajstić information content (AvgIpc) is 2.33. The van der Waals surface area contributed by atoms with Crippen LogP contribution in [0.3, 0.4) is 0 Å². The van der Waals surface area contributed by atoms with Crippen molar-refractivity contribution >= 4 is 6.09 Å². The first-order valence-corrected chi connectivity index (χ1v) is 7.14. The van der Waals surface area contributed by atoms with Crippen LogP contribution in [-0.2, 0) is 14.2 Å². The quantitative estimate of drug-likeness (QED) is 0.748. The van der Waals surface area contributed by atoms with E-state index < -0.39 is 17.5 Å². The standard InChI is InChI=1S/C16H27NO4/c1-8-10-17(14(18)21-15(3,4)5)12-11-19-16(6,7)20-13(12)9-2/h8-9,12-13H,1-2,10-11H2,3-7H3/t12-,13+/m1/s1. The van der Waals surface area contributed by atoms with E-state index in [1.165, 1.54) is 0 Å². The molecule has 0 saturated carbocycles. The van der Waals surface area contributed by atoms with Crippen LogP contribution in [0.1, 0.15) is 34.6 Å². The third-order valence-corrected chi connectivity index (χ3v) is 2.99. The number of hydrogen-bond acceptors (Lipinski definition) is 4. The minimum absolute atomic E-state index is 0.289. The molecule has 0 radical (unpaired) electrons. The van der Waals surface area contributed by atoms with E-state index >= 15 is 0 Å². The Hall–Kier alpha value is -1.33. The molecule has 0 aromatic rings. The second-order valence-electron chi connectivity index (χ2n) is 6.52. The normalized spacial score (nSPS) is 25.0. The molecule has 0 bridgehead atoms. The van der Waals surface area contributed by atoms with E-state index in [4.69, 9.17) is 14.2 Å². The van der Waals surface area contributed by atoms with E-state index in [2.05, 4.69) is 13.2 Å². The highest BCUT2D eigenvalue weighted by Gasteiger charge is 2.40. The summed E-state index contributed by atoms with van der Waals surface area (Å²) < 4.78 is 16.9. The van der Waals surface area contributed by atoms with Crippen LogP contribution in [0.5, 0.6) is 0 Å². The third-order valence-electron chi connectivity index (χ3n) is 2.99. The molecule has 5 nitrogen and oxygen atoms in total. The van der Waals surface area contributed by atoms with Crippen molar-refractivity contribution in [2.75, 3.05) is 13.2 Å². The van der Waals surface area contributed by atoms with Gasteiger partial charge < -0.3 is 14.2 Å². The number of rotatable bonds is 4. The fourth-order valence-corrected chi connectivity index (χ4v) is 2.10. The molecule has 0 unspecified atom stereocenters. The van der Waals surface area contributed by atoms with Gasteiger partial charge in [0.15, 0.2) is 5.79 Å². The molecule has 0 aliphatic carbocycles. The van der Waals surface area contributed by atoms with Gasteiger partial charge in [0, 0.05) is 6.54 Å². The zero-order valence-electron chi connectivity index (χ0n) is 13.7. The number of carbonyl (C=O) groups is 1. The molecular formula is C16H27NO4. The van der Waals surface area contributed by atoms with Gasteiger partial charge in [0.1, 0.15) is 11.7 Å². The molecule has 0 N–H and O–H groups in total. The Morgan fingerprint density at radius 2 is 2.05 bits per heavy atom. The second-order valence-corrected chi connectivity index (χ2v) is 6.52. The molecular weight excluding hydrogens is 270 g/mol. The first-order valence-electron chi connectivity index (χ1n) is 7.14. The molecule has 2 atom stereocenters. The van der Waals surface area contributed by atoms with Gasteiger partial charge in [-0.3, -0.25) is 4.90 Å². The summed E-state index contributed by atoms with van der Waals surface area (Å²) in [6.07, 6.45) is 2.62. The smallest absolute Gasteiger partial charge is 0.411 e. The van der Waals surface area contributed by atoms with Crippen LogP contribution in [0.15, 0.2) is 25.3 Å². The maximum absolute atomic E-state index is 12.4. The van der Waals surface area contributed by atoms with E-state index in [0.29, 0.717) is 13.2 Å². The van der Waals surface area contributed by atoms with Gasteiger partial charge in [-0.1, -0.05) is 12.2 Å². The molecule has 1 aliphatic heterocycles. The van der Waals surface area contributed by atoms with Gasteiger partial charge in [0.25, 0.3) is 0 Å². The summed E-state index contributed by atoms with van der Waals surface area (Å²) in [6.45, 7) is 17.4. The lowest BCUT2D eigenvalue weighted by Crippen LogP contribution is -2.57. The number of hydrogen-bond donors (Lipinski definition) is 0. The summed E-state index contributed by atoms with van der Waals surface area (Å²) in [4.78, 5) is 14.0. The first kappa shape index (κ1) is 17.7. The van der Waals surface area contributed by atoms with Crippen molar-refractivity contribution in [2.45, 2.75) is 58.2 Å². The highest BCUT2D eigenvalue weighted by Crippen LogP contribution is 2.27. The van der Waals surface area contributed by atoms with E-state index in [0.717, 1.165) is 0 Å². The summed E-state index contributed by atoms with van der Waals surface area (Å²) in [6, 6.07) is -0.289. The van der Waals surface area contributed by atoms with Gasteiger partial charge in [-0.25, -0.2) is 4.79 Å². The van der Waals surface area contributed by atoms with Crippen LogP contribution in [0.4, 0.5) is 4.79 Å². The van der Waals surface area contributed by atoms with Crippen LogP contribution < -0.4 is 0 Å². The van der Waals surface area contributed by atoms with Crippen molar-refractivity contribution < 1.29 is 19.0 Å². The highest BCUT2D eigenvalue weighted by atomic mass is 16.7. The molecule has 1 fully saturated rings. The fraction of sp³-hybridized carbons (Fsp3) is 0.688. The van der Waals surface area contributed by atoms with E-state index in [1.807, 2.05) is 34.6 Å². The van der Waals surface area contributed by atoms with Gasteiger partial charge in [-0.2, -0.15) is 0 Å². The lowest BCUT2D eigenvalue weighted by Gasteiger charge is -2.44. The van der Waals surface area contributed by atoms with Crippen molar-refractivity contribution in [2.24, 2.45) is 0 Å². The first-order chi connectivity index (χ1) is 9.59. The van der Waals surface area contributed by atoms with Crippen LogP contribution in [-0.4, -0.2) is 47.7 Å². The molecule has 1 heterocycles. The van der Waals surface area contributed by atoms with E-state index in [9.17, 15) is 4.79 Å². The molecule has 0 aromatic carbocycles. The Bertz CT molecular complexity index is 398. The summed E-state index contributed by atoms with van der Waals surface area (Å²) >= 11 is 0. The molecule has 1 rings (SSSR count). The molecule has 1 saturated heterocycles. The Morgan fingerprint density at radius 1 is 1.43 bits per heavy atom. The van der Waals surface area contributed by atoms with Crippen molar-refractivity contribution in [1.29, 1.82) is 0 Å². The van der Waals surface area contributed by atoms with E-state index in [1.54, 1.807) is 17.1 Å². The Kier molecular flexibility index (Phi) is 5.59. The molecule has 0 spiro atoms. The zero-order chi connectivity index (χ0) is 16.3. The average molecular weight is 297 g/mol. The molecule has 1 amide bonds. The van der Waals surface area contributed by atoms with Crippen LogP contribution >= 0.6 is 0 Å². The highest BCUT2D eigenvalue weighted by molar-refractivity contribution is 5.69. The Balaban J connectivity index is 2.91. The van der Waals surface area contributed by atoms with Crippen LogP contribution in [0.25, 0.3) is 0 Å². The van der Waals surface area contributed by atoms with E-state index in [-0.39, 0.29) is 12.1 Å². The largest absolute Gasteiger partial charge is 0.444 e. The summed E-state index contributed by atoms with van der Waals surface area (Å²) in [5.74, 6) is -0.691. The monoisotopic (exact) mass is 297 g/mol. The van der Waals surface area contributed by atoms with Crippen molar-refractivity contribution in [3.8, 4) is 0 Å². The number of amides is 1. The molecule has 5 heteroatoms. The molecule has 21 heavy (non-hydrogen) atoms. The van der Waals surface area contributed by atoms with Crippen molar-refractivity contribution in [1.82, 2.24) is 4.90 Å². The predicted octanol–water partition coefficient (Wildman–Crippen LogP) is 3.12. The number of carbonyl (C=O) groups excluding carboxylic acids is 1. The third kappa shape index (κ3) is 5.17. The number of nitrogens with zero attached hydrogens (tertiary/aromatic N) is 1. The van der Waals surface area contributed by atoms with Crippen molar-refractivity contribution in [3.63, 3.8) is 0 Å². The van der Waals surface area contributed by atoms with Gasteiger partial charge in [-0.15, -0.1) is 13.2 Å². The lowest BCUT2D eigenvalue weighted by molar-refractivity contribution is -0.281. The zero-order valence-corrected chi connectivity index (χ0v) is 13.7. The Labute approximate surface area is 127 Å². The predicted molar refractivity (Wildman–Crippen MR) is 82.0 cm³/mol. The van der Waals surface area contributed by atoms with Gasteiger partial charge in [0.05, 0.1) is 12.6 Å². The van der Waals surface area contributed by atoms with Crippen molar-refractivity contribution in [3.05, 3.63) is 25.3 Å². The van der Waals surface area contributed by atoms with Crippen LogP contribution in [0, 0.1) is 0 Å². The molecule has 120 valence electrons. The summed E-state index contributed by atoms with van der Waals surface area (Å²) in [5.41, 5.74) is -0.560. The maximum Gasteiger partial charge on any atom is 0.411 e. The Morgan fingerprint density at radius 3 is 2.52 bits per heavy atom. The topological polar surface area (TPSA) is 48.0 Å². The fourth-order valence-electron chi connectivity index (χ4n) is 2.10. The molecule has 1 aliphatic rings. The minimum atomic E-state index is -0.691. The summed E-state index contributed by atoms with van der Waals surface area (Å²) in [5, 5.41) is 0.